The summed E-state index contributed by atoms with van der Waals surface area (Å²) in [7, 11) is 0. The number of amides is 1. The Labute approximate surface area is 168 Å². The fourth-order valence-electron chi connectivity index (χ4n) is 2.45. The molecule has 0 fully saturated rings. The van der Waals surface area contributed by atoms with Crippen molar-refractivity contribution < 1.29 is 13.6 Å². The Kier molecular flexibility index (Phi) is 8.74. The lowest BCUT2D eigenvalue weighted by molar-refractivity contribution is -0.115. The van der Waals surface area contributed by atoms with Crippen molar-refractivity contribution in [2.45, 2.75) is 19.2 Å². The zero-order chi connectivity index (χ0) is 20.4. The minimum atomic E-state index is -0.362. The second-order valence-electron chi connectivity index (χ2n) is 5.95. The average Bonchev–Trinajstić information content (AvgIpc) is 2.67. The van der Waals surface area contributed by atoms with E-state index >= 15 is 0 Å². The molecule has 0 aliphatic heterocycles. The molecule has 0 bridgehead atoms. The molecule has 0 radical (unpaired) electrons. The Balaban J connectivity index is 1.96. The number of carbonyl (C=O) groups is 1. The van der Waals surface area contributed by atoms with Crippen LogP contribution in [0.15, 0.2) is 47.5 Å². The first-order valence-corrected chi connectivity index (χ1v) is 10.2. The maximum Gasteiger partial charge on any atom is 0.243 e. The fraction of sp³-hybridized carbons (Fsp3) is 0.300. The van der Waals surface area contributed by atoms with Gasteiger partial charge in [0.05, 0.1) is 13.1 Å². The number of anilines is 1. The van der Waals surface area contributed by atoms with Crippen LogP contribution in [0.1, 0.15) is 18.1 Å². The number of halogens is 2. The largest absolute Gasteiger partial charge is 0.357 e. The summed E-state index contributed by atoms with van der Waals surface area (Å²) >= 11 is 1.62. The first-order valence-electron chi connectivity index (χ1n) is 8.85. The summed E-state index contributed by atoms with van der Waals surface area (Å²) in [6.45, 7) is 2.93. The molecule has 150 valence electrons. The molecule has 0 saturated carbocycles. The second-order valence-corrected chi connectivity index (χ2v) is 6.82. The van der Waals surface area contributed by atoms with Crippen molar-refractivity contribution in [2.24, 2.45) is 4.99 Å². The highest BCUT2D eigenvalue weighted by atomic mass is 32.2. The SMILES string of the molecule is CCNC(=NCc1ccc(F)cc1CSC)NCC(=O)Nc1ccc(F)cc1. The van der Waals surface area contributed by atoms with Gasteiger partial charge in [-0.25, -0.2) is 13.8 Å². The van der Waals surface area contributed by atoms with Crippen LogP contribution in [0.2, 0.25) is 0 Å². The molecule has 0 spiro atoms. The van der Waals surface area contributed by atoms with E-state index in [0.29, 0.717) is 30.5 Å². The highest BCUT2D eigenvalue weighted by molar-refractivity contribution is 7.97. The summed E-state index contributed by atoms with van der Waals surface area (Å²) in [4.78, 5) is 16.5. The number of hydrogen-bond donors (Lipinski definition) is 3. The monoisotopic (exact) mass is 406 g/mol. The summed E-state index contributed by atoms with van der Waals surface area (Å²) in [6.07, 6.45) is 1.96. The van der Waals surface area contributed by atoms with E-state index in [0.717, 1.165) is 11.1 Å². The van der Waals surface area contributed by atoms with Crippen LogP contribution in [0.4, 0.5) is 14.5 Å². The normalized spacial score (nSPS) is 11.2. The molecule has 0 atom stereocenters. The molecule has 0 aromatic heterocycles. The molecule has 1 amide bonds. The van der Waals surface area contributed by atoms with Crippen molar-refractivity contribution in [3.8, 4) is 0 Å². The van der Waals surface area contributed by atoms with Crippen molar-refractivity contribution in [3.05, 3.63) is 65.2 Å². The Hall–Kier alpha value is -2.61. The molecule has 0 heterocycles. The molecule has 0 unspecified atom stereocenters. The van der Waals surface area contributed by atoms with Gasteiger partial charge in [0, 0.05) is 18.0 Å². The van der Waals surface area contributed by atoms with Gasteiger partial charge in [-0.15, -0.1) is 0 Å². The maximum absolute atomic E-state index is 13.5. The lowest BCUT2D eigenvalue weighted by Gasteiger charge is -2.12. The fourth-order valence-corrected chi connectivity index (χ4v) is 3.03. The van der Waals surface area contributed by atoms with Crippen LogP contribution in [0.5, 0.6) is 0 Å². The van der Waals surface area contributed by atoms with Gasteiger partial charge < -0.3 is 16.0 Å². The first kappa shape index (κ1) is 21.7. The molecule has 2 aromatic carbocycles. The summed E-state index contributed by atoms with van der Waals surface area (Å²) in [5.74, 6) is 0.281. The van der Waals surface area contributed by atoms with E-state index in [1.807, 2.05) is 13.2 Å². The van der Waals surface area contributed by atoms with Gasteiger partial charge in [0.1, 0.15) is 11.6 Å². The van der Waals surface area contributed by atoms with Gasteiger partial charge in [-0.3, -0.25) is 4.79 Å². The van der Waals surface area contributed by atoms with E-state index in [2.05, 4.69) is 20.9 Å². The van der Waals surface area contributed by atoms with Gasteiger partial charge in [0.25, 0.3) is 0 Å². The molecule has 0 aliphatic carbocycles. The van der Waals surface area contributed by atoms with Gasteiger partial charge in [0.2, 0.25) is 5.91 Å². The number of rotatable bonds is 8. The molecule has 3 N–H and O–H groups in total. The van der Waals surface area contributed by atoms with Crippen LogP contribution < -0.4 is 16.0 Å². The smallest absolute Gasteiger partial charge is 0.243 e. The van der Waals surface area contributed by atoms with E-state index in [9.17, 15) is 13.6 Å². The molecule has 5 nitrogen and oxygen atoms in total. The standard InChI is InChI=1S/C20H24F2N4OS/c1-3-23-20(24-11-14-4-5-17(22)10-15(14)13-28-2)25-12-19(27)26-18-8-6-16(21)7-9-18/h4-10H,3,11-13H2,1-2H3,(H,26,27)(H2,23,24,25). The Morgan fingerprint density at radius 3 is 2.43 bits per heavy atom. The minimum Gasteiger partial charge on any atom is -0.357 e. The Bertz CT molecular complexity index is 812. The lowest BCUT2D eigenvalue weighted by atomic mass is 10.1. The van der Waals surface area contributed by atoms with Crippen LogP contribution in [0.3, 0.4) is 0 Å². The number of hydrogen-bond acceptors (Lipinski definition) is 3. The molecular formula is C20H24F2N4OS. The summed E-state index contributed by atoms with van der Waals surface area (Å²) in [5.41, 5.74) is 2.35. The Morgan fingerprint density at radius 1 is 1.04 bits per heavy atom. The molecule has 2 rings (SSSR count). The van der Waals surface area contributed by atoms with Crippen molar-refractivity contribution >= 4 is 29.3 Å². The predicted molar refractivity (Wildman–Crippen MR) is 111 cm³/mol. The third-order valence-corrected chi connectivity index (χ3v) is 4.36. The van der Waals surface area contributed by atoms with E-state index in [-0.39, 0.29) is 24.1 Å². The zero-order valence-electron chi connectivity index (χ0n) is 15.9. The van der Waals surface area contributed by atoms with E-state index in [1.165, 1.54) is 36.4 Å². The number of nitrogens with one attached hydrogen (secondary N) is 3. The van der Waals surface area contributed by atoms with Crippen molar-refractivity contribution in [3.63, 3.8) is 0 Å². The van der Waals surface area contributed by atoms with E-state index in [4.69, 9.17) is 0 Å². The Morgan fingerprint density at radius 2 is 1.75 bits per heavy atom. The van der Waals surface area contributed by atoms with Crippen LogP contribution >= 0.6 is 11.8 Å². The van der Waals surface area contributed by atoms with Crippen molar-refractivity contribution in [2.75, 3.05) is 24.7 Å². The summed E-state index contributed by atoms with van der Waals surface area (Å²) in [6, 6.07) is 10.2. The number of benzene rings is 2. The average molecular weight is 407 g/mol. The molecule has 28 heavy (non-hydrogen) atoms. The summed E-state index contributed by atoms with van der Waals surface area (Å²) in [5, 5.41) is 8.71. The number of thioether (sulfide) groups is 1. The maximum atomic E-state index is 13.5. The van der Waals surface area contributed by atoms with Crippen LogP contribution in [0.25, 0.3) is 0 Å². The number of guanidine groups is 1. The molecule has 8 heteroatoms. The quantitative estimate of drug-likeness (QED) is 0.464. The second kappa shape index (κ2) is 11.3. The van der Waals surface area contributed by atoms with Crippen LogP contribution in [-0.4, -0.2) is 31.2 Å². The van der Waals surface area contributed by atoms with Gasteiger partial charge in [-0.1, -0.05) is 6.07 Å². The molecule has 0 aliphatic rings. The van der Waals surface area contributed by atoms with Crippen LogP contribution in [0, 0.1) is 11.6 Å². The van der Waals surface area contributed by atoms with Crippen LogP contribution in [-0.2, 0) is 17.1 Å². The molecular weight excluding hydrogens is 382 g/mol. The predicted octanol–water partition coefficient (Wildman–Crippen LogP) is 3.52. The van der Waals surface area contributed by atoms with Gasteiger partial charge in [-0.05, 0) is 60.7 Å². The third kappa shape index (κ3) is 7.19. The van der Waals surface area contributed by atoms with Gasteiger partial charge in [-0.2, -0.15) is 11.8 Å². The topological polar surface area (TPSA) is 65.5 Å². The number of aliphatic imine (C=N–C) groups is 1. The number of carbonyl (C=O) groups excluding carboxylic acids is 1. The van der Waals surface area contributed by atoms with Gasteiger partial charge in [0.15, 0.2) is 5.96 Å². The first-order chi connectivity index (χ1) is 13.5. The van der Waals surface area contributed by atoms with Crippen molar-refractivity contribution in [1.29, 1.82) is 0 Å². The van der Waals surface area contributed by atoms with Crippen molar-refractivity contribution in [1.82, 2.24) is 10.6 Å². The highest BCUT2D eigenvalue weighted by Crippen LogP contribution is 2.17. The lowest BCUT2D eigenvalue weighted by Crippen LogP contribution is -2.41. The van der Waals surface area contributed by atoms with Gasteiger partial charge >= 0.3 is 0 Å². The van der Waals surface area contributed by atoms with E-state index < -0.39 is 0 Å². The highest BCUT2D eigenvalue weighted by Gasteiger charge is 2.07. The zero-order valence-corrected chi connectivity index (χ0v) is 16.7. The molecule has 0 saturated heterocycles. The minimum absolute atomic E-state index is 0.00426. The summed E-state index contributed by atoms with van der Waals surface area (Å²) < 4.78 is 26.4. The van der Waals surface area contributed by atoms with E-state index in [1.54, 1.807) is 17.8 Å². The molecule has 2 aromatic rings. The third-order valence-electron chi connectivity index (χ3n) is 3.76. The number of nitrogens with zero attached hydrogens (tertiary/aromatic N) is 1.